The Morgan fingerprint density at radius 2 is 2.06 bits per heavy atom. The lowest BCUT2D eigenvalue weighted by molar-refractivity contribution is 0.516. The van der Waals surface area contributed by atoms with E-state index in [0.717, 1.165) is 9.86 Å². The second-order valence-electron chi connectivity index (χ2n) is 4.40. The van der Waals surface area contributed by atoms with Crippen molar-refractivity contribution >= 4 is 39.3 Å². The number of thioether (sulfide) groups is 1. The molecule has 0 spiro atoms. The molecule has 1 aliphatic carbocycles. The van der Waals surface area contributed by atoms with Crippen molar-refractivity contribution in [2.75, 3.05) is 5.73 Å². The lowest BCUT2D eigenvalue weighted by atomic mass is 10.0. The smallest absolute Gasteiger partial charge is 0.222 e. The fourth-order valence-corrected chi connectivity index (χ4v) is 4.43. The predicted molar refractivity (Wildman–Crippen MR) is 74.6 cm³/mol. The Balaban J connectivity index is 1.90. The van der Waals surface area contributed by atoms with Crippen LogP contribution in [0, 0.1) is 0 Å². The largest absolute Gasteiger partial charge is 0.368 e. The Morgan fingerprint density at radius 3 is 2.88 bits per heavy atom. The molecule has 90 valence electrons. The Morgan fingerprint density at radius 1 is 1.24 bits per heavy atom. The van der Waals surface area contributed by atoms with E-state index in [9.17, 15) is 0 Å². The Hall–Kier alpha value is -0.810. The average Bonchev–Trinajstić information content (AvgIpc) is 2.78. The van der Waals surface area contributed by atoms with Crippen molar-refractivity contribution in [2.24, 2.45) is 0 Å². The number of rotatable bonds is 2. The third-order valence-electron chi connectivity index (χ3n) is 3.14. The van der Waals surface area contributed by atoms with Gasteiger partial charge in [0.15, 0.2) is 0 Å². The van der Waals surface area contributed by atoms with Gasteiger partial charge >= 0.3 is 0 Å². The van der Waals surface area contributed by atoms with Crippen molar-refractivity contribution in [1.29, 1.82) is 0 Å². The minimum Gasteiger partial charge on any atom is -0.368 e. The van der Waals surface area contributed by atoms with E-state index in [0.29, 0.717) is 11.2 Å². The molecule has 3 nitrogen and oxygen atoms in total. The van der Waals surface area contributed by atoms with E-state index in [1.54, 1.807) is 11.3 Å². The number of nitrogens with two attached hydrogens (primary N) is 1. The molecule has 0 saturated heterocycles. The zero-order valence-corrected chi connectivity index (χ0v) is 11.2. The molecule has 17 heavy (non-hydrogen) atoms. The number of thiophene rings is 1. The Kier molecular flexibility index (Phi) is 3.20. The van der Waals surface area contributed by atoms with Gasteiger partial charge < -0.3 is 5.73 Å². The van der Waals surface area contributed by atoms with Crippen LogP contribution in [0.4, 0.5) is 5.95 Å². The van der Waals surface area contributed by atoms with E-state index in [1.807, 2.05) is 11.8 Å². The maximum absolute atomic E-state index is 5.76. The number of aromatic nitrogens is 2. The monoisotopic (exact) mass is 265 g/mol. The first-order valence-electron chi connectivity index (χ1n) is 6.00. The Labute approximate surface area is 109 Å². The summed E-state index contributed by atoms with van der Waals surface area (Å²) >= 11 is 3.52. The summed E-state index contributed by atoms with van der Waals surface area (Å²) in [5, 5.41) is 5.01. The summed E-state index contributed by atoms with van der Waals surface area (Å²) in [5.74, 6) is 0.401. The molecule has 5 heteroatoms. The normalized spacial score (nSPS) is 17.6. The summed E-state index contributed by atoms with van der Waals surface area (Å²) in [6, 6.07) is 2.10. The van der Waals surface area contributed by atoms with Crippen LogP contribution in [0.3, 0.4) is 0 Å². The third-order valence-corrected chi connectivity index (χ3v) is 5.28. The third kappa shape index (κ3) is 2.40. The van der Waals surface area contributed by atoms with Crippen LogP contribution in [-0.4, -0.2) is 15.2 Å². The van der Waals surface area contributed by atoms with Crippen molar-refractivity contribution in [2.45, 2.75) is 42.4 Å². The highest BCUT2D eigenvalue weighted by atomic mass is 32.2. The van der Waals surface area contributed by atoms with Crippen LogP contribution < -0.4 is 5.73 Å². The van der Waals surface area contributed by atoms with Crippen LogP contribution in [0.2, 0.25) is 0 Å². The number of hydrogen-bond donors (Lipinski definition) is 1. The number of fused-ring (bicyclic) bond motifs is 1. The summed E-state index contributed by atoms with van der Waals surface area (Å²) in [5.41, 5.74) is 5.76. The highest BCUT2D eigenvalue weighted by Gasteiger charge is 2.17. The molecule has 0 atom stereocenters. The van der Waals surface area contributed by atoms with Gasteiger partial charge in [-0.3, -0.25) is 0 Å². The van der Waals surface area contributed by atoms with Gasteiger partial charge in [-0.05, 0) is 24.3 Å². The number of hydrogen-bond acceptors (Lipinski definition) is 5. The van der Waals surface area contributed by atoms with Gasteiger partial charge in [-0.15, -0.1) is 23.1 Å². The summed E-state index contributed by atoms with van der Waals surface area (Å²) in [6.45, 7) is 0. The molecule has 0 unspecified atom stereocenters. The van der Waals surface area contributed by atoms with E-state index in [4.69, 9.17) is 5.73 Å². The fraction of sp³-hybridized carbons (Fsp3) is 0.500. The van der Waals surface area contributed by atoms with Crippen LogP contribution >= 0.6 is 23.1 Å². The number of nitrogens with zero attached hydrogens (tertiary/aromatic N) is 2. The number of anilines is 1. The first-order valence-corrected chi connectivity index (χ1v) is 7.76. The molecule has 2 aromatic rings. The molecular weight excluding hydrogens is 250 g/mol. The first-order chi connectivity index (χ1) is 8.33. The lowest BCUT2D eigenvalue weighted by Gasteiger charge is -2.20. The van der Waals surface area contributed by atoms with E-state index >= 15 is 0 Å². The Bertz CT molecular complexity index is 517. The molecular formula is C12H15N3S2. The molecule has 1 aliphatic rings. The standard InChI is InChI=1S/C12H15N3S2/c13-12-14-10-9(6-7-16-10)11(15-12)17-8-4-2-1-3-5-8/h6-8H,1-5H2,(H2,13,14,15). The summed E-state index contributed by atoms with van der Waals surface area (Å²) < 4.78 is 0. The summed E-state index contributed by atoms with van der Waals surface area (Å²) in [7, 11) is 0. The van der Waals surface area contributed by atoms with E-state index < -0.39 is 0 Å². The molecule has 1 saturated carbocycles. The topological polar surface area (TPSA) is 51.8 Å². The van der Waals surface area contributed by atoms with Crippen molar-refractivity contribution in [3.63, 3.8) is 0 Å². The van der Waals surface area contributed by atoms with E-state index in [1.165, 1.54) is 37.5 Å². The highest BCUT2D eigenvalue weighted by molar-refractivity contribution is 8.00. The first kappa shape index (κ1) is 11.3. The molecule has 2 N–H and O–H groups in total. The highest BCUT2D eigenvalue weighted by Crippen LogP contribution is 2.37. The van der Waals surface area contributed by atoms with Crippen molar-refractivity contribution in [3.05, 3.63) is 11.4 Å². The van der Waals surface area contributed by atoms with Crippen LogP contribution in [0.1, 0.15) is 32.1 Å². The van der Waals surface area contributed by atoms with Crippen molar-refractivity contribution in [3.8, 4) is 0 Å². The van der Waals surface area contributed by atoms with Gasteiger partial charge in [0, 0.05) is 10.6 Å². The van der Waals surface area contributed by atoms with Gasteiger partial charge in [0.1, 0.15) is 9.86 Å². The molecule has 0 amide bonds. The number of nitrogen functional groups attached to an aromatic ring is 1. The molecule has 0 aliphatic heterocycles. The van der Waals surface area contributed by atoms with Crippen LogP contribution in [-0.2, 0) is 0 Å². The second-order valence-corrected chi connectivity index (χ2v) is 6.59. The zero-order valence-electron chi connectivity index (χ0n) is 9.56. The second kappa shape index (κ2) is 4.82. The quantitative estimate of drug-likeness (QED) is 0.841. The summed E-state index contributed by atoms with van der Waals surface area (Å²) in [6.07, 6.45) is 6.70. The van der Waals surface area contributed by atoms with E-state index in [-0.39, 0.29) is 0 Å². The molecule has 0 radical (unpaired) electrons. The lowest BCUT2D eigenvalue weighted by Crippen LogP contribution is -2.08. The molecule has 0 aromatic carbocycles. The average molecular weight is 265 g/mol. The van der Waals surface area contributed by atoms with Gasteiger partial charge in [-0.25, -0.2) is 9.97 Å². The van der Waals surface area contributed by atoms with Crippen molar-refractivity contribution in [1.82, 2.24) is 9.97 Å². The SMILES string of the molecule is Nc1nc(SC2CCCCC2)c2ccsc2n1. The van der Waals surface area contributed by atoms with Crippen LogP contribution in [0.25, 0.3) is 10.2 Å². The van der Waals surface area contributed by atoms with Gasteiger partial charge in [0.05, 0.1) is 0 Å². The molecule has 0 bridgehead atoms. The fourth-order valence-electron chi connectivity index (χ4n) is 2.27. The van der Waals surface area contributed by atoms with Crippen LogP contribution in [0.5, 0.6) is 0 Å². The molecule has 2 aromatic heterocycles. The van der Waals surface area contributed by atoms with Gasteiger partial charge in [-0.1, -0.05) is 19.3 Å². The predicted octanol–water partition coefficient (Wildman–Crippen LogP) is 3.70. The molecule has 3 rings (SSSR count). The van der Waals surface area contributed by atoms with Gasteiger partial charge in [0.2, 0.25) is 5.95 Å². The minimum absolute atomic E-state index is 0.401. The zero-order chi connectivity index (χ0) is 11.7. The van der Waals surface area contributed by atoms with Gasteiger partial charge in [-0.2, -0.15) is 0 Å². The maximum atomic E-state index is 5.76. The van der Waals surface area contributed by atoms with Gasteiger partial charge in [0.25, 0.3) is 0 Å². The summed E-state index contributed by atoms with van der Waals surface area (Å²) in [4.78, 5) is 9.68. The molecule has 2 heterocycles. The van der Waals surface area contributed by atoms with Crippen molar-refractivity contribution < 1.29 is 0 Å². The minimum atomic E-state index is 0.401. The maximum Gasteiger partial charge on any atom is 0.222 e. The van der Waals surface area contributed by atoms with E-state index in [2.05, 4.69) is 21.4 Å². The molecule has 1 fully saturated rings. The van der Waals surface area contributed by atoms with Crippen LogP contribution in [0.15, 0.2) is 16.5 Å².